The number of carbonyl (C=O) groups excluding carboxylic acids is 2. The molecule has 2 aliphatic heterocycles. The highest BCUT2D eigenvalue weighted by molar-refractivity contribution is 6.01. The van der Waals surface area contributed by atoms with Gasteiger partial charge in [-0.25, -0.2) is 18.4 Å². The van der Waals surface area contributed by atoms with E-state index in [1.54, 1.807) is 39.8 Å². The third-order valence-corrected chi connectivity index (χ3v) is 8.69. The van der Waals surface area contributed by atoms with E-state index in [1.807, 2.05) is 13.8 Å². The molecule has 2 aromatic rings. The molecule has 2 aromatic heterocycles. The van der Waals surface area contributed by atoms with Crippen molar-refractivity contribution in [3.05, 3.63) is 78.7 Å². The van der Waals surface area contributed by atoms with Gasteiger partial charge in [-0.1, -0.05) is 13.8 Å². The Morgan fingerprint density at radius 2 is 1.07 bits per heavy atom. The Morgan fingerprint density at radius 1 is 0.711 bits per heavy atom. The van der Waals surface area contributed by atoms with E-state index in [9.17, 15) is 38.2 Å². The van der Waals surface area contributed by atoms with Gasteiger partial charge in [0.05, 0.1) is 0 Å². The second-order valence-electron chi connectivity index (χ2n) is 11.4. The summed E-state index contributed by atoms with van der Waals surface area (Å²) in [6.45, 7) is 10.7. The summed E-state index contributed by atoms with van der Waals surface area (Å²) in [5.74, 6) is -3.67. The van der Waals surface area contributed by atoms with Crippen LogP contribution in [-0.4, -0.2) is 56.3 Å². The van der Waals surface area contributed by atoms with Crippen LogP contribution in [0.5, 0.6) is 0 Å². The number of aromatic amines is 2. The monoisotopic (exact) mass is 624 g/mol. The van der Waals surface area contributed by atoms with Gasteiger partial charge in [0.2, 0.25) is 12.3 Å². The van der Waals surface area contributed by atoms with Gasteiger partial charge in [0, 0.05) is 64.6 Å². The third-order valence-electron chi connectivity index (χ3n) is 8.69. The Labute approximate surface area is 259 Å². The molecular formula is C33H38F2N4O6. The number of allylic oxidation sites excluding steroid dienone is 2. The summed E-state index contributed by atoms with van der Waals surface area (Å²) in [6.07, 6.45) is -0.597. The predicted molar refractivity (Wildman–Crippen MR) is 165 cm³/mol. The molecule has 4 rings (SSSR count). The minimum Gasteiger partial charge on any atom is -0.479 e. The second kappa shape index (κ2) is 13.1. The summed E-state index contributed by atoms with van der Waals surface area (Å²) >= 11 is 0. The van der Waals surface area contributed by atoms with Crippen molar-refractivity contribution < 1.29 is 38.2 Å². The number of alkyl halides is 2. The van der Waals surface area contributed by atoms with Crippen molar-refractivity contribution in [1.82, 2.24) is 20.6 Å². The number of aliphatic carboxylic acids is 2. The van der Waals surface area contributed by atoms with Crippen molar-refractivity contribution in [3.63, 3.8) is 0 Å². The normalized spacial score (nSPS) is 18.3. The molecule has 0 saturated heterocycles. The van der Waals surface area contributed by atoms with Crippen molar-refractivity contribution in [2.75, 3.05) is 0 Å². The first kappa shape index (κ1) is 33.2. The molecule has 0 saturated carbocycles. The molecule has 12 heteroatoms. The number of hydrogen-bond donors (Lipinski definition) is 6. The van der Waals surface area contributed by atoms with E-state index < -0.39 is 37.1 Å². The lowest BCUT2D eigenvalue weighted by atomic mass is 9.97. The summed E-state index contributed by atoms with van der Waals surface area (Å²) in [5.41, 5.74) is 7.95. The smallest absolute Gasteiger partial charge is 0.338 e. The number of H-pyrrole nitrogens is 2. The minimum absolute atomic E-state index is 0.0428. The zero-order valence-electron chi connectivity index (χ0n) is 26.1. The lowest BCUT2D eigenvalue weighted by Crippen LogP contribution is -2.19. The van der Waals surface area contributed by atoms with Crippen LogP contribution in [0.15, 0.2) is 33.7 Å². The maximum Gasteiger partial charge on any atom is 0.338 e. The molecule has 0 spiro atoms. The number of amides is 2. The number of carboxylic acid groups (broad SMARTS) is 2. The number of carboxylic acids is 2. The Bertz CT molecular complexity index is 1600. The zero-order valence-corrected chi connectivity index (χ0v) is 26.1. The number of halogens is 2. The molecule has 2 aliphatic rings. The van der Waals surface area contributed by atoms with Crippen LogP contribution in [0.25, 0.3) is 12.2 Å². The van der Waals surface area contributed by atoms with Crippen LogP contribution in [0.3, 0.4) is 0 Å². The summed E-state index contributed by atoms with van der Waals surface area (Å²) in [4.78, 5) is 54.1. The van der Waals surface area contributed by atoms with Crippen LogP contribution in [0.4, 0.5) is 8.78 Å². The highest BCUT2D eigenvalue weighted by Gasteiger charge is 2.29. The fourth-order valence-corrected chi connectivity index (χ4v) is 6.00. The lowest BCUT2D eigenvalue weighted by Gasteiger charge is -2.10. The molecule has 0 aromatic carbocycles. The summed E-state index contributed by atoms with van der Waals surface area (Å²) in [5, 5.41) is 24.3. The average molecular weight is 625 g/mol. The first-order valence-electron chi connectivity index (χ1n) is 14.8. The van der Waals surface area contributed by atoms with Gasteiger partial charge in [-0.15, -0.1) is 0 Å². The van der Waals surface area contributed by atoms with E-state index in [0.717, 1.165) is 11.1 Å². The van der Waals surface area contributed by atoms with Crippen molar-refractivity contribution in [1.29, 1.82) is 0 Å². The standard InChI is InChI=1S/C33H38F2N4O6/c1-7-18-16(5)30(40)38-26(18)11-24-14(3)20(9-22(34)32(42)43)28(36-24)13-29-21(10-23(35)33(44)45)15(4)25(37-29)12-27-19(8-2)17(6)31(41)39-27/h11-12,22-23,36-37H,7-10,13H2,1-6H3,(H,38,40)(H,39,41)(H,42,43)(H,44,45)/b26-11-,27-12+. The highest BCUT2D eigenvalue weighted by Crippen LogP contribution is 2.32. The molecule has 0 fully saturated rings. The summed E-state index contributed by atoms with van der Waals surface area (Å²) in [7, 11) is 0. The fourth-order valence-electron chi connectivity index (χ4n) is 6.00. The molecule has 0 aliphatic carbocycles. The molecule has 0 bridgehead atoms. The molecule has 2 amide bonds. The predicted octanol–water partition coefficient (Wildman–Crippen LogP) is 4.88. The second-order valence-corrected chi connectivity index (χ2v) is 11.4. The van der Waals surface area contributed by atoms with Gasteiger partial charge in [0.15, 0.2) is 0 Å². The van der Waals surface area contributed by atoms with Gasteiger partial charge in [-0.3, -0.25) is 9.59 Å². The highest BCUT2D eigenvalue weighted by atomic mass is 19.1. The number of hydrogen-bond acceptors (Lipinski definition) is 4. The third kappa shape index (κ3) is 6.54. The molecular weight excluding hydrogens is 586 g/mol. The first-order valence-corrected chi connectivity index (χ1v) is 14.8. The van der Waals surface area contributed by atoms with Gasteiger partial charge in [0.25, 0.3) is 11.8 Å². The molecule has 10 nitrogen and oxygen atoms in total. The van der Waals surface area contributed by atoms with E-state index in [-0.39, 0.29) is 18.2 Å². The first-order chi connectivity index (χ1) is 21.2. The molecule has 0 radical (unpaired) electrons. The Morgan fingerprint density at radius 3 is 1.38 bits per heavy atom. The van der Waals surface area contributed by atoms with Gasteiger partial charge in [-0.05, 0) is 86.1 Å². The number of rotatable bonds is 12. The largest absolute Gasteiger partial charge is 0.479 e. The quantitative estimate of drug-likeness (QED) is 0.197. The average Bonchev–Trinajstić information content (AvgIpc) is 3.62. The number of carbonyl (C=O) groups is 4. The van der Waals surface area contributed by atoms with Crippen LogP contribution in [0, 0.1) is 13.8 Å². The Kier molecular flexibility index (Phi) is 9.65. The maximum absolute atomic E-state index is 14.6. The van der Waals surface area contributed by atoms with Gasteiger partial charge < -0.3 is 30.8 Å². The molecule has 2 atom stereocenters. The van der Waals surface area contributed by atoms with E-state index in [4.69, 9.17) is 0 Å². The summed E-state index contributed by atoms with van der Waals surface area (Å²) < 4.78 is 29.3. The van der Waals surface area contributed by atoms with E-state index >= 15 is 0 Å². The number of nitrogens with one attached hydrogen (secondary N) is 4. The lowest BCUT2D eigenvalue weighted by molar-refractivity contribution is -0.143. The molecule has 240 valence electrons. The van der Waals surface area contributed by atoms with E-state index in [1.165, 1.54) is 0 Å². The van der Waals surface area contributed by atoms with Gasteiger partial charge in [-0.2, -0.15) is 0 Å². The maximum atomic E-state index is 14.6. The zero-order chi connectivity index (χ0) is 33.3. The topological polar surface area (TPSA) is 164 Å². The van der Waals surface area contributed by atoms with Crippen molar-refractivity contribution >= 4 is 35.9 Å². The van der Waals surface area contributed by atoms with Crippen molar-refractivity contribution in [2.24, 2.45) is 0 Å². The van der Waals surface area contributed by atoms with Crippen LogP contribution >= 0.6 is 0 Å². The van der Waals surface area contributed by atoms with Crippen LogP contribution in [0.1, 0.15) is 85.6 Å². The molecule has 2 unspecified atom stereocenters. The Hall–Kier alpha value is -4.74. The summed E-state index contributed by atoms with van der Waals surface area (Å²) in [6, 6.07) is 0. The van der Waals surface area contributed by atoms with Crippen molar-refractivity contribution in [3.8, 4) is 0 Å². The molecule has 4 heterocycles. The van der Waals surface area contributed by atoms with Gasteiger partial charge in [0.1, 0.15) is 0 Å². The minimum atomic E-state index is -2.20. The van der Waals surface area contributed by atoms with E-state index in [2.05, 4.69) is 20.6 Å². The number of aromatic nitrogens is 2. The van der Waals surface area contributed by atoms with Crippen LogP contribution < -0.4 is 10.6 Å². The molecule has 45 heavy (non-hydrogen) atoms. The fraction of sp³-hybridized carbons (Fsp3) is 0.394. The molecule has 6 N–H and O–H groups in total. The van der Waals surface area contributed by atoms with Crippen molar-refractivity contribution in [2.45, 2.75) is 86.0 Å². The van der Waals surface area contributed by atoms with Gasteiger partial charge >= 0.3 is 11.9 Å². The SMILES string of the molecule is CCC1=C(C)C(=O)N/C1=C\c1[nH]c(Cc2[nH]c(/C=C3/NC(=O)C(C)=C3CC)c(C)c2CC(F)C(=O)O)c(CC(F)C(=O)O)c1C. The van der Waals surface area contributed by atoms with E-state index in [0.29, 0.717) is 80.4 Å². The van der Waals surface area contributed by atoms with Crippen LogP contribution in [0.2, 0.25) is 0 Å². The van der Waals surface area contributed by atoms with Crippen LogP contribution in [-0.2, 0) is 38.4 Å². The Balaban J connectivity index is 1.85.